The van der Waals surface area contributed by atoms with Crippen LogP contribution in [0.4, 0.5) is 10.5 Å². The predicted octanol–water partition coefficient (Wildman–Crippen LogP) is 2.19. The van der Waals surface area contributed by atoms with Crippen molar-refractivity contribution in [3.8, 4) is 6.07 Å². The topological polar surface area (TPSA) is 88.5 Å². The number of carbonyl (C=O) groups is 2. The zero-order chi connectivity index (χ0) is 20.7. The molecule has 0 bridgehead atoms. The molecule has 7 heteroatoms. The molecule has 1 aromatic rings. The van der Waals surface area contributed by atoms with Gasteiger partial charge in [0.05, 0.1) is 6.07 Å². The van der Waals surface area contributed by atoms with E-state index in [1.807, 2.05) is 19.9 Å². The van der Waals surface area contributed by atoms with E-state index < -0.39 is 6.04 Å². The Labute approximate surface area is 167 Å². The number of carbonyl (C=O) groups excluding carboxylic acids is 2. The summed E-state index contributed by atoms with van der Waals surface area (Å²) in [6.07, 6.45) is 0.533. The first-order valence-corrected chi connectivity index (χ1v) is 9.84. The highest BCUT2D eigenvalue weighted by atomic mass is 16.2. The summed E-state index contributed by atoms with van der Waals surface area (Å²) in [4.78, 5) is 29.0. The minimum Gasteiger partial charge on any atom is -0.368 e. The van der Waals surface area contributed by atoms with Gasteiger partial charge >= 0.3 is 6.03 Å². The Bertz CT molecular complexity index is 733. The molecule has 152 valence electrons. The summed E-state index contributed by atoms with van der Waals surface area (Å²) in [5.41, 5.74) is 3.75. The molecule has 1 atom stereocenters. The third-order valence-electron chi connectivity index (χ3n) is 5.15. The molecule has 1 saturated heterocycles. The fourth-order valence-electron chi connectivity index (χ4n) is 3.42. The van der Waals surface area contributed by atoms with Crippen molar-refractivity contribution in [1.29, 1.82) is 5.26 Å². The number of urea groups is 1. The highest BCUT2D eigenvalue weighted by Crippen LogP contribution is 2.23. The van der Waals surface area contributed by atoms with Crippen molar-refractivity contribution in [2.75, 3.05) is 37.6 Å². The van der Waals surface area contributed by atoms with Crippen LogP contribution >= 0.6 is 0 Å². The molecule has 28 heavy (non-hydrogen) atoms. The van der Waals surface area contributed by atoms with E-state index in [9.17, 15) is 9.59 Å². The first kappa shape index (κ1) is 21.5. The summed E-state index contributed by atoms with van der Waals surface area (Å²) in [7, 11) is 0. The molecule has 1 fully saturated rings. The summed E-state index contributed by atoms with van der Waals surface area (Å²) >= 11 is 0. The zero-order valence-electron chi connectivity index (χ0n) is 17.3. The Hall–Kier alpha value is -2.75. The third kappa shape index (κ3) is 5.62. The normalized spacial score (nSPS) is 15.1. The summed E-state index contributed by atoms with van der Waals surface area (Å²) in [5, 5.41) is 14.0. The average Bonchev–Trinajstić information content (AvgIpc) is 2.67. The van der Waals surface area contributed by atoms with Crippen molar-refractivity contribution in [2.45, 2.75) is 40.2 Å². The minimum atomic E-state index is -0.627. The van der Waals surface area contributed by atoms with E-state index in [-0.39, 0.29) is 24.4 Å². The van der Waals surface area contributed by atoms with Gasteiger partial charge in [-0.15, -0.1) is 0 Å². The van der Waals surface area contributed by atoms with Gasteiger partial charge in [-0.05, 0) is 43.4 Å². The molecule has 1 aliphatic heterocycles. The number of amides is 3. The summed E-state index contributed by atoms with van der Waals surface area (Å²) < 4.78 is 0. The average molecular weight is 386 g/mol. The van der Waals surface area contributed by atoms with Crippen molar-refractivity contribution in [3.05, 3.63) is 29.3 Å². The van der Waals surface area contributed by atoms with Crippen molar-refractivity contribution >= 4 is 17.6 Å². The SMILES string of the molecule is Cc1cccc(N2CCN(C(=O)N[C@@H](CC(C)C)C(=O)NCC#N)CC2)c1C. The van der Waals surface area contributed by atoms with Crippen molar-refractivity contribution in [1.82, 2.24) is 15.5 Å². The van der Waals surface area contributed by atoms with Crippen LogP contribution in [0.25, 0.3) is 0 Å². The van der Waals surface area contributed by atoms with Crippen LogP contribution in [0.2, 0.25) is 0 Å². The Morgan fingerprint density at radius 3 is 2.46 bits per heavy atom. The van der Waals surface area contributed by atoms with Gasteiger partial charge in [-0.1, -0.05) is 26.0 Å². The van der Waals surface area contributed by atoms with E-state index in [0.29, 0.717) is 19.5 Å². The number of aryl methyl sites for hydroxylation is 1. The lowest BCUT2D eigenvalue weighted by molar-refractivity contribution is -0.123. The van der Waals surface area contributed by atoms with E-state index in [1.54, 1.807) is 4.90 Å². The second-order valence-electron chi connectivity index (χ2n) is 7.70. The van der Waals surface area contributed by atoms with Gasteiger partial charge in [-0.3, -0.25) is 4.79 Å². The Morgan fingerprint density at radius 1 is 1.18 bits per heavy atom. The maximum Gasteiger partial charge on any atom is 0.318 e. The molecule has 1 heterocycles. The van der Waals surface area contributed by atoms with E-state index in [0.717, 1.165) is 13.1 Å². The first-order valence-electron chi connectivity index (χ1n) is 9.84. The monoisotopic (exact) mass is 385 g/mol. The Morgan fingerprint density at radius 2 is 1.86 bits per heavy atom. The van der Waals surface area contributed by atoms with Crippen LogP contribution in [0.15, 0.2) is 18.2 Å². The fraction of sp³-hybridized carbons (Fsp3) is 0.571. The maximum atomic E-state index is 12.7. The summed E-state index contributed by atoms with van der Waals surface area (Å²) in [6, 6.07) is 7.33. The van der Waals surface area contributed by atoms with E-state index in [2.05, 4.69) is 47.6 Å². The second-order valence-corrected chi connectivity index (χ2v) is 7.70. The number of nitriles is 1. The molecule has 2 rings (SSSR count). The van der Waals surface area contributed by atoms with Crippen LogP contribution in [0, 0.1) is 31.1 Å². The van der Waals surface area contributed by atoms with Crippen LogP contribution in [0.5, 0.6) is 0 Å². The highest BCUT2D eigenvalue weighted by Gasteiger charge is 2.27. The predicted molar refractivity (Wildman–Crippen MR) is 110 cm³/mol. The number of piperazine rings is 1. The van der Waals surface area contributed by atoms with Gasteiger partial charge in [0.25, 0.3) is 0 Å². The molecular weight excluding hydrogens is 354 g/mol. The quantitative estimate of drug-likeness (QED) is 0.735. The number of nitrogens with one attached hydrogen (secondary N) is 2. The minimum absolute atomic E-state index is 0.0577. The number of anilines is 1. The Kier molecular flexibility index (Phi) is 7.68. The smallest absolute Gasteiger partial charge is 0.318 e. The fourth-order valence-corrected chi connectivity index (χ4v) is 3.42. The molecule has 0 spiro atoms. The zero-order valence-corrected chi connectivity index (χ0v) is 17.3. The lowest BCUT2D eigenvalue weighted by Crippen LogP contribution is -2.56. The van der Waals surface area contributed by atoms with Crippen molar-refractivity contribution in [2.24, 2.45) is 5.92 Å². The number of hydrogen-bond donors (Lipinski definition) is 2. The Balaban J connectivity index is 1.95. The van der Waals surface area contributed by atoms with Crippen molar-refractivity contribution < 1.29 is 9.59 Å². The van der Waals surface area contributed by atoms with Gasteiger partial charge in [0.2, 0.25) is 5.91 Å². The molecule has 0 aliphatic carbocycles. The van der Waals surface area contributed by atoms with Gasteiger partial charge < -0.3 is 20.4 Å². The summed E-state index contributed by atoms with van der Waals surface area (Å²) in [6.45, 7) is 10.9. The molecule has 3 amide bonds. The molecule has 0 aromatic heterocycles. The van der Waals surface area contributed by atoms with Gasteiger partial charge in [0, 0.05) is 31.9 Å². The molecule has 0 unspecified atom stereocenters. The van der Waals surface area contributed by atoms with Crippen molar-refractivity contribution in [3.63, 3.8) is 0 Å². The molecule has 0 saturated carbocycles. The largest absolute Gasteiger partial charge is 0.368 e. The number of benzene rings is 1. The van der Waals surface area contributed by atoms with Crippen LogP contribution in [-0.4, -0.2) is 55.6 Å². The lowest BCUT2D eigenvalue weighted by Gasteiger charge is -2.37. The van der Waals surface area contributed by atoms with Gasteiger partial charge in [0.1, 0.15) is 12.6 Å². The van der Waals surface area contributed by atoms with E-state index in [1.165, 1.54) is 16.8 Å². The molecule has 7 nitrogen and oxygen atoms in total. The van der Waals surface area contributed by atoms with Crippen LogP contribution in [-0.2, 0) is 4.79 Å². The number of nitrogens with zero attached hydrogens (tertiary/aromatic N) is 3. The molecule has 2 N–H and O–H groups in total. The lowest BCUT2D eigenvalue weighted by atomic mass is 10.0. The first-order chi connectivity index (χ1) is 13.3. The number of hydrogen-bond acceptors (Lipinski definition) is 4. The third-order valence-corrected chi connectivity index (χ3v) is 5.15. The summed E-state index contributed by atoms with van der Waals surface area (Å²) in [5.74, 6) is -0.0584. The standard InChI is InChI=1S/C21H31N5O2/c1-15(2)14-18(20(27)23-9-8-22)24-21(28)26-12-10-25(11-13-26)19-7-5-6-16(3)17(19)4/h5-7,15,18H,9-14H2,1-4H3,(H,23,27)(H,24,28)/t18-/m0/s1. The van der Waals surface area contributed by atoms with Gasteiger partial charge in [0.15, 0.2) is 0 Å². The molecular formula is C21H31N5O2. The second kappa shape index (κ2) is 9.98. The molecule has 0 radical (unpaired) electrons. The highest BCUT2D eigenvalue weighted by molar-refractivity contribution is 5.87. The molecule has 1 aliphatic rings. The van der Waals surface area contributed by atoms with Gasteiger partial charge in [-0.2, -0.15) is 5.26 Å². The van der Waals surface area contributed by atoms with Crippen LogP contribution in [0.1, 0.15) is 31.4 Å². The number of rotatable bonds is 6. The maximum absolute atomic E-state index is 12.7. The van der Waals surface area contributed by atoms with Crippen LogP contribution in [0.3, 0.4) is 0 Å². The van der Waals surface area contributed by atoms with Gasteiger partial charge in [-0.25, -0.2) is 4.79 Å². The molecule has 1 aromatic carbocycles. The van der Waals surface area contributed by atoms with E-state index in [4.69, 9.17) is 5.26 Å². The van der Waals surface area contributed by atoms with E-state index >= 15 is 0 Å². The van der Waals surface area contributed by atoms with Crippen LogP contribution < -0.4 is 15.5 Å².